The molecule has 1 N–H and O–H groups in total. The molecule has 2 aliphatic rings. The summed E-state index contributed by atoms with van der Waals surface area (Å²) in [7, 11) is 0. The molecule has 1 saturated heterocycles. The van der Waals surface area contributed by atoms with Crippen LogP contribution in [0.25, 0.3) is 0 Å². The summed E-state index contributed by atoms with van der Waals surface area (Å²) in [5.41, 5.74) is 0.618. The lowest BCUT2D eigenvalue weighted by atomic mass is 9.70. The van der Waals surface area contributed by atoms with E-state index in [1.165, 1.54) is 45.1 Å². The third kappa shape index (κ3) is 2.25. The first-order valence-corrected chi connectivity index (χ1v) is 5.91. The molecule has 1 aliphatic carbocycles. The molecule has 2 fully saturated rings. The molecule has 1 saturated carbocycles. The van der Waals surface area contributed by atoms with Crippen molar-refractivity contribution < 1.29 is 0 Å². The topological polar surface area (TPSA) is 12.0 Å². The van der Waals surface area contributed by atoms with Crippen LogP contribution >= 0.6 is 0 Å². The first-order chi connectivity index (χ1) is 6.17. The molecule has 76 valence electrons. The van der Waals surface area contributed by atoms with Crippen LogP contribution in [0.3, 0.4) is 0 Å². The maximum atomic E-state index is 3.66. The van der Waals surface area contributed by atoms with Crippen LogP contribution in [-0.2, 0) is 0 Å². The fraction of sp³-hybridized carbons (Fsp3) is 1.00. The van der Waals surface area contributed by atoms with Gasteiger partial charge in [-0.15, -0.1) is 0 Å². The molecule has 2 atom stereocenters. The van der Waals surface area contributed by atoms with Crippen molar-refractivity contribution >= 4 is 0 Å². The fourth-order valence-electron chi connectivity index (χ4n) is 3.21. The summed E-state index contributed by atoms with van der Waals surface area (Å²) >= 11 is 0. The molecule has 0 aromatic heterocycles. The molecule has 2 unspecified atom stereocenters. The summed E-state index contributed by atoms with van der Waals surface area (Å²) in [6.07, 6.45) is 8.65. The van der Waals surface area contributed by atoms with E-state index in [2.05, 4.69) is 19.2 Å². The highest BCUT2D eigenvalue weighted by atomic mass is 14.9. The first-order valence-electron chi connectivity index (χ1n) is 5.91. The van der Waals surface area contributed by atoms with Crippen LogP contribution in [0.2, 0.25) is 0 Å². The van der Waals surface area contributed by atoms with Gasteiger partial charge in [-0.3, -0.25) is 0 Å². The Morgan fingerprint density at radius 1 is 1.15 bits per heavy atom. The van der Waals surface area contributed by atoms with Gasteiger partial charge in [-0.1, -0.05) is 20.3 Å². The second-order valence-electron chi connectivity index (χ2n) is 5.72. The third-order valence-corrected chi connectivity index (χ3v) is 3.91. The number of nitrogens with one attached hydrogen (secondary N) is 1. The van der Waals surface area contributed by atoms with E-state index in [1.807, 2.05) is 0 Å². The van der Waals surface area contributed by atoms with Gasteiger partial charge in [0.2, 0.25) is 0 Å². The average Bonchev–Trinajstić information content (AvgIpc) is 2.53. The van der Waals surface area contributed by atoms with Crippen LogP contribution < -0.4 is 5.32 Å². The van der Waals surface area contributed by atoms with Gasteiger partial charge in [-0.2, -0.15) is 0 Å². The molecule has 0 aromatic rings. The summed E-state index contributed by atoms with van der Waals surface area (Å²) in [6.45, 7) is 6.14. The highest BCUT2D eigenvalue weighted by Gasteiger charge is 2.33. The number of hydrogen-bond donors (Lipinski definition) is 1. The molecule has 1 heterocycles. The Hall–Kier alpha value is -0.0400. The normalized spacial score (nSPS) is 39.2. The Morgan fingerprint density at radius 2 is 2.00 bits per heavy atom. The summed E-state index contributed by atoms with van der Waals surface area (Å²) in [5.74, 6) is 0.978. The molecule has 0 bridgehead atoms. The highest BCUT2D eigenvalue weighted by Crippen LogP contribution is 2.41. The van der Waals surface area contributed by atoms with E-state index in [0.717, 1.165) is 12.0 Å². The maximum absolute atomic E-state index is 3.66. The molecule has 2 rings (SSSR count). The van der Waals surface area contributed by atoms with Crippen molar-refractivity contribution in [3.8, 4) is 0 Å². The van der Waals surface area contributed by atoms with Crippen LogP contribution in [0.15, 0.2) is 0 Å². The molecule has 1 aliphatic heterocycles. The second-order valence-corrected chi connectivity index (χ2v) is 5.72. The van der Waals surface area contributed by atoms with Gasteiger partial charge in [0.05, 0.1) is 0 Å². The van der Waals surface area contributed by atoms with Crippen molar-refractivity contribution in [3.05, 3.63) is 0 Å². The molecule has 13 heavy (non-hydrogen) atoms. The Balaban J connectivity index is 1.91. The van der Waals surface area contributed by atoms with Crippen LogP contribution in [0, 0.1) is 11.3 Å². The lowest BCUT2D eigenvalue weighted by Gasteiger charge is -2.38. The van der Waals surface area contributed by atoms with Crippen molar-refractivity contribution in [2.45, 2.75) is 58.4 Å². The van der Waals surface area contributed by atoms with E-state index in [4.69, 9.17) is 0 Å². The SMILES string of the molecule is CC1(C)CCCC(C2CCCN2)C1. The van der Waals surface area contributed by atoms with Gasteiger partial charge in [0.1, 0.15) is 0 Å². The Bertz CT molecular complexity index is 168. The van der Waals surface area contributed by atoms with Crippen molar-refractivity contribution in [2.75, 3.05) is 6.54 Å². The summed E-state index contributed by atoms with van der Waals surface area (Å²) < 4.78 is 0. The standard InChI is InChI=1S/C12H23N/c1-12(2)7-3-5-10(9-12)11-6-4-8-13-11/h10-11,13H,3-9H2,1-2H3. The van der Waals surface area contributed by atoms with Crippen molar-refractivity contribution in [1.29, 1.82) is 0 Å². The van der Waals surface area contributed by atoms with Gasteiger partial charge in [0.25, 0.3) is 0 Å². The smallest absolute Gasteiger partial charge is 0.00959 e. The monoisotopic (exact) mass is 181 g/mol. The lowest BCUT2D eigenvalue weighted by molar-refractivity contribution is 0.154. The maximum Gasteiger partial charge on any atom is 0.00959 e. The summed E-state index contributed by atoms with van der Waals surface area (Å²) in [6, 6.07) is 0.861. The van der Waals surface area contributed by atoms with E-state index in [0.29, 0.717) is 5.41 Å². The molecule has 1 heteroatoms. The zero-order valence-electron chi connectivity index (χ0n) is 9.10. The van der Waals surface area contributed by atoms with E-state index < -0.39 is 0 Å². The molecule has 0 amide bonds. The minimum Gasteiger partial charge on any atom is -0.314 e. The fourth-order valence-corrected chi connectivity index (χ4v) is 3.21. The van der Waals surface area contributed by atoms with E-state index in [-0.39, 0.29) is 0 Å². The minimum atomic E-state index is 0.618. The zero-order chi connectivity index (χ0) is 9.31. The molecule has 1 nitrogen and oxygen atoms in total. The van der Waals surface area contributed by atoms with E-state index in [1.54, 1.807) is 0 Å². The van der Waals surface area contributed by atoms with Crippen LogP contribution in [0.4, 0.5) is 0 Å². The zero-order valence-corrected chi connectivity index (χ0v) is 9.10. The van der Waals surface area contributed by atoms with Crippen molar-refractivity contribution in [1.82, 2.24) is 5.32 Å². The predicted molar refractivity (Wildman–Crippen MR) is 56.8 cm³/mol. The average molecular weight is 181 g/mol. The first kappa shape index (κ1) is 9.51. The summed E-state index contributed by atoms with van der Waals surface area (Å²) in [4.78, 5) is 0. The van der Waals surface area contributed by atoms with Gasteiger partial charge in [0, 0.05) is 6.04 Å². The Morgan fingerprint density at radius 3 is 2.62 bits per heavy atom. The van der Waals surface area contributed by atoms with Gasteiger partial charge in [0.15, 0.2) is 0 Å². The van der Waals surface area contributed by atoms with E-state index in [9.17, 15) is 0 Å². The largest absolute Gasteiger partial charge is 0.314 e. The molecular weight excluding hydrogens is 158 g/mol. The summed E-state index contributed by atoms with van der Waals surface area (Å²) in [5, 5.41) is 3.66. The molecular formula is C12H23N. The van der Waals surface area contributed by atoms with Crippen LogP contribution in [-0.4, -0.2) is 12.6 Å². The molecule has 0 aromatic carbocycles. The van der Waals surface area contributed by atoms with Crippen molar-refractivity contribution in [2.24, 2.45) is 11.3 Å². The second kappa shape index (κ2) is 3.61. The van der Waals surface area contributed by atoms with Gasteiger partial charge in [-0.05, 0) is 50.0 Å². The van der Waals surface area contributed by atoms with Gasteiger partial charge < -0.3 is 5.32 Å². The Kier molecular flexibility index (Phi) is 2.64. The quantitative estimate of drug-likeness (QED) is 0.656. The van der Waals surface area contributed by atoms with Crippen molar-refractivity contribution in [3.63, 3.8) is 0 Å². The Labute approximate surface area is 82.3 Å². The molecule has 0 radical (unpaired) electrons. The third-order valence-electron chi connectivity index (χ3n) is 3.91. The molecule has 0 spiro atoms. The predicted octanol–water partition coefficient (Wildman–Crippen LogP) is 2.95. The number of hydrogen-bond acceptors (Lipinski definition) is 1. The highest BCUT2D eigenvalue weighted by molar-refractivity contribution is 4.88. The van der Waals surface area contributed by atoms with Gasteiger partial charge in [-0.25, -0.2) is 0 Å². The van der Waals surface area contributed by atoms with Crippen LogP contribution in [0.5, 0.6) is 0 Å². The van der Waals surface area contributed by atoms with Crippen LogP contribution in [0.1, 0.15) is 52.4 Å². The lowest BCUT2D eigenvalue weighted by Crippen LogP contribution is -2.36. The minimum absolute atomic E-state index is 0.618. The van der Waals surface area contributed by atoms with E-state index >= 15 is 0 Å². The number of rotatable bonds is 1. The van der Waals surface area contributed by atoms with Gasteiger partial charge >= 0.3 is 0 Å².